The first-order valence-electron chi connectivity index (χ1n) is 13.8. The predicted molar refractivity (Wildman–Crippen MR) is 167 cm³/mol. The summed E-state index contributed by atoms with van der Waals surface area (Å²) in [6.07, 6.45) is 0. The first-order chi connectivity index (χ1) is 19.1. The Morgan fingerprint density at radius 2 is 0.872 bits per heavy atom. The van der Waals surface area contributed by atoms with Crippen molar-refractivity contribution in [3.05, 3.63) is 145 Å². The van der Waals surface area contributed by atoms with Gasteiger partial charge in [-0.1, -0.05) is 123 Å². The number of hydrogen-bond donors (Lipinski definition) is 0. The Labute approximate surface area is 229 Å². The lowest BCUT2D eigenvalue weighted by Crippen LogP contribution is -2.14. The molecule has 0 radical (unpaired) electrons. The van der Waals surface area contributed by atoms with E-state index in [0.717, 1.165) is 0 Å². The molecule has 7 aromatic rings. The zero-order valence-electron chi connectivity index (χ0n) is 22.2. The maximum atomic E-state index is 2.41. The molecule has 8 rings (SSSR count). The van der Waals surface area contributed by atoms with Gasteiger partial charge in [0.25, 0.3) is 0 Å². The summed E-state index contributed by atoms with van der Waals surface area (Å²) in [6.45, 7) is 4.69. The van der Waals surface area contributed by atoms with Gasteiger partial charge < -0.3 is 0 Å². The molecule has 0 bridgehead atoms. The Morgan fingerprint density at radius 3 is 1.67 bits per heavy atom. The molecule has 0 saturated heterocycles. The van der Waals surface area contributed by atoms with Gasteiger partial charge in [0.15, 0.2) is 0 Å². The van der Waals surface area contributed by atoms with Gasteiger partial charge in [0.05, 0.1) is 0 Å². The fraction of sp³-hybridized carbons (Fsp3) is 0.0769. The van der Waals surface area contributed by atoms with Gasteiger partial charge in [-0.15, -0.1) is 0 Å². The summed E-state index contributed by atoms with van der Waals surface area (Å²) in [5, 5.41) is 7.73. The third kappa shape index (κ3) is 3.38. The average molecular weight is 497 g/mol. The molecule has 0 fully saturated rings. The van der Waals surface area contributed by atoms with Crippen LogP contribution in [0.5, 0.6) is 0 Å². The Kier molecular flexibility index (Phi) is 4.67. The summed E-state index contributed by atoms with van der Waals surface area (Å²) in [6, 6.07) is 49.5. The minimum absolute atomic E-state index is 0.0137. The zero-order valence-corrected chi connectivity index (χ0v) is 22.2. The molecule has 184 valence electrons. The largest absolute Gasteiger partial charge is 0.0619 e. The molecule has 0 atom stereocenters. The zero-order chi connectivity index (χ0) is 26.1. The number of rotatable bonds is 2. The van der Waals surface area contributed by atoms with Gasteiger partial charge in [-0.3, -0.25) is 0 Å². The van der Waals surface area contributed by atoms with E-state index in [2.05, 4.69) is 147 Å². The maximum Gasteiger partial charge on any atom is 0.0159 e. The van der Waals surface area contributed by atoms with Crippen molar-refractivity contribution in [2.75, 3.05) is 0 Å². The van der Waals surface area contributed by atoms with Crippen LogP contribution in [0.3, 0.4) is 0 Å². The molecular formula is C39H28. The topological polar surface area (TPSA) is 0 Å². The van der Waals surface area contributed by atoms with Crippen LogP contribution in [-0.2, 0) is 5.41 Å². The Balaban J connectivity index is 1.17. The van der Waals surface area contributed by atoms with Crippen LogP contribution in [0.1, 0.15) is 25.0 Å². The highest BCUT2D eigenvalue weighted by Gasteiger charge is 2.35. The quantitative estimate of drug-likeness (QED) is 0.209. The molecule has 0 spiro atoms. The van der Waals surface area contributed by atoms with Gasteiger partial charge in [-0.2, -0.15) is 0 Å². The molecule has 0 nitrogen and oxygen atoms in total. The molecule has 1 aliphatic rings. The molecule has 1 aliphatic carbocycles. The van der Waals surface area contributed by atoms with Gasteiger partial charge in [-0.05, 0) is 101 Å². The van der Waals surface area contributed by atoms with Gasteiger partial charge in [-0.25, -0.2) is 0 Å². The van der Waals surface area contributed by atoms with Crippen molar-refractivity contribution in [1.82, 2.24) is 0 Å². The first-order valence-corrected chi connectivity index (χ1v) is 13.8. The van der Waals surface area contributed by atoms with Crippen LogP contribution in [0, 0.1) is 0 Å². The van der Waals surface area contributed by atoms with Crippen LogP contribution < -0.4 is 0 Å². The standard InChI is InChI=1S/C39H28/c1-39(2)37-10-6-5-9-35(37)36-20-18-31(24-38(36)39)29-15-14-26-21-28(13-12-27(26)22-29)30-17-19-34-32(23-30)16-11-25-7-3-4-8-33(25)34/h3-24H,1-2H3. The lowest BCUT2D eigenvalue weighted by molar-refractivity contribution is 0.660. The summed E-state index contributed by atoms with van der Waals surface area (Å²) < 4.78 is 0. The smallest absolute Gasteiger partial charge is 0.0159 e. The van der Waals surface area contributed by atoms with E-state index >= 15 is 0 Å². The molecule has 0 heterocycles. The monoisotopic (exact) mass is 496 g/mol. The second-order valence-corrected chi connectivity index (χ2v) is 11.4. The second kappa shape index (κ2) is 8.16. The Morgan fingerprint density at radius 1 is 0.359 bits per heavy atom. The third-order valence-electron chi connectivity index (χ3n) is 8.84. The van der Waals surface area contributed by atoms with Gasteiger partial charge in [0.2, 0.25) is 0 Å². The number of hydrogen-bond acceptors (Lipinski definition) is 0. The van der Waals surface area contributed by atoms with Gasteiger partial charge in [0, 0.05) is 5.41 Å². The molecule has 0 unspecified atom stereocenters. The van der Waals surface area contributed by atoms with E-state index in [1.807, 2.05) is 0 Å². The second-order valence-electron chi connectivity index (χ2n) is 11.4. The predicted octanol–water partition coefficient (Wildman–Crippen LogP) is 10.8. The van der Waals surface area contributed by atoms with Crippen LogP contribution in [-0.4, -0.2) is 0 Å². The summed E-state index contributed by atoms with van der Waals surface area (Å²) in [7, 11) is 0. The molecule has 0 amide bonds. The summed E-state index contributed by atoms with van der Waals surface area (Å²) in [5.41, 5.74) is 10.6. The van der Waals surface area contributed by atoms with E-state index in [1.54, 1.807) is 0 Å². The van der Waals surface area contributed by atoms with E-state index in [4.69, 9.17) is 0 Å². The SMILES string of the molecule is CC1(C)c2ccccc2-c2ccc(-c3ccc4cc(-c5ccc6c(ccc7ccccc76)c5)ccc4c3)cc21. The Hall–Kier alpha value is -4.68. The minimum atomic E-state index is 0.0137. The van der Waals surface area contributed by atoms with Crippen LogP contribution in [0.25, 0.3) is 65.7 Å². The molecule has 0 heteroatoms. The highest BCUT2D eigenvalue weighted by Crippen LogP contribution is 2.49. The maximum absolute atomic E-state index is 2.41. The van der Waals surface area contributed by atoms with Crippen LogP contribution in [0.4, 0.5) is 0 Å². The van der Waals surface area contributed by atoms with Crippen molar-refractivity contribution in [3.8, 4) is 33.4 Å². The number of fused-ring (bicyclic) bond motifs is 7. The highest BCUT2D eigenvalue weighted by molar-refractivity contribution is 6.08. The molecule has 39 heavy (non-hydrogen) atoms. The van der Waals surface area contributed by atoms with Crippen molar-refractivity contribution in [1.29, 1.82) is 0 Å². The van der Waals surface area contributed by atoms with Crippen molar-refractivity contribution in [3.63, 3.8) is 0 Å². The fourth-order valence-electron chi connectivity index (χ4n) is 6.68. The minimum Gasteiger partial charge on any atom is -0.0619 e. The van der Waals surface area contributed by atoms with Crippen molar-refractivity contribution >= 4 is 32.3 Å². The molecule has 0 saturated carbocycles. The molecular weight excluding hydrogens is 468 g/mol. The normalized spacial score (nSPS) is 13.6. The van der Waals surface area contributed by atoms with Gasteiger partial charge >= 0.3 is 0 Å². The third-order valence-corrected chi connectivity index (χ3v) is 8.84. The van der Waals surface area contributed by atoms with E-state index < -0.39 is 0 Å². The fourth-order valence-corrected chi connectivity index (χ4v) is 6.68. The molecule has 0 N–H and O–H groups in total. The first kappa shape index (κ1) is 22.3. The van der Waals surface area contributed by atoms with E-state index in [1.165, 1.54) is 76.8 Å². The lowest BCUT2D eigenvalue weighted by atomic mass is 9.81. The summed E-state index contributed by atoms with van der Waals surface area (Å²) >= 11 is 0. The average Bonchev–Trinajstić information content (AvgIpc) is 3.22. The molecule has 0 aromatic heterocycles. The summed E-state index contributed by atoms with van der Waals surface area (Å²) in [4.78, 5) is 0. The van der Waals surface area contributed by atoms with Gasteiger partial charge in [0.1, 0.15) is 0 Å². The van der Waals surface area contributed by atoms with E-state index in [-0.39, 0.29) is 5.41 Å². The van der Waals surface area contributed by atoms with E-state index in [9.17, 15) is 0 Å². The van der Waals surface area contributed by atoms with Crippen molar-refractivity contribution < 1.29 is 0 Å². The molecule has 7 aromatic carbocycles. The summed E-state index contributed by atoms with van der Waals surface area (Å²) in [5.74, 6) is 0. The number of benzene rings is 7. The van der Waals surface area contributed by atoms with Crippen molar-refractivity contribution in [2.45, 2.75) is 19.3 Å². The van der Waals surface area contributed by atoms with E-state index in [0.29, 0.717) is 0 Å². The van der Waals surface area contributed by atoms with Crippen LogP contribution in [0.15, 0.2) is 133 Å². The molecule has 0 aliphatic heterocycles. The lowest BCUT2D eigenvalue weighted by Gasteiger charge is -2.22. The Bertz CT molecular complexity index is 2090. The van der Waals surface area contributed by atoms with Crippen molar-refractivity contribution in [2.24, 2.45) is 0 Å². The highest BCUT2D eigenvalue weighted by atomic mass is 14.4. The van der Waals surface area contributed by atoms with Crippen LogP contribution in [0.2, 0.25) is 0 Å². The van der Waals surface area contributed by atoms with Crippen LogP contribution >= 0.6 is 0 Å².